The minimum absolute atomic E-state index is 0.0291. The molecule has 5 heteroatoms. The fourth-order valence-corrected chi connectivity index (χ4v) is 13.3. The van der Waals surface area contributed by atoms with Crippen molar-refractivity contribution in [2.75, 3.05) is 14.7 Å². The van der Waals surface area contributed by atoms with Gasteiger partial charge >= 0.3 is 0 Å². The Balaban J connectivity index is 1.16. The van der Waals surface area contributed by atoms with Gasteiger partial charge in [0.25, 0.3) is 0 Å². The second kappa shape index (κ2) is 17.7. The summed E-state index contributed by atoms with van der Waals surface area (Å²) < 4.78 is 15.0. The van der Waals surface area contributed by atoms with Gasteiger partial charge in [-0.2, -0.15) is 0 Å². The van der Waals surface area contributed by atoms with Crippen molar-refractivity contribution >= 4 is 95.1 Å². The van der Waals surface area contributed by atoms with Crippen LogP contribution in [0.5, 0.6) is 0 Å². The molecule has 0 fully saturated rings. The van der Waals surface area contributed by atoms with Crippen molar-refractivity contribution in [3.8, 4) is 11.1 Å². The van der Waals surface area contributed by atoms with Crippen molar-refractivity contribution in [2.24, 2.45) is 0 Å². The number of nitrogens with zero attached hydrogens (tertiary/aromatic N) is 3. The second-order valence-electron chi connectivity index (χ2n) is 23.6. The molecule has 386 valence electrons. The van der Waals surface area contributed by atoms with Gasteiger partial charge in [0.2, 0.25) is 0 Å². The lowest BCUT2D eigenvalue weighted by Gasteiger charge is -2.45. The van der Waals surface area contributed by atoms with Crippen LogP contribution in [0.2, 0.25) is 0 Å². The first-order valence-electron chi connectivity index (χ1n) is 27.9. The molecule has 1 aliphatic heterocycles. The van der Waals surface area contributed by atoms with Gasteiger partial charge in [-0.15, -0.1) is 0 Å². The molecule has 13 aromatic rings. The van der Waals surface area contributed by atoms with E-state index in [9.17, 15) is 0 Å². The smallest absolute Gasteiger partial charge is 0.160 e. The van der Waals surface area contributed by atoms with E-state index in [2.05, 4.69) is 305 Å². The minimum Gasteiger partial charge on any atom is -0.455 e. The first-order chi connectivity index (χ1) is 39.0. The van der Waals surface area contributed by atoms with E-state index in [4.69, 9.17) is 8.83 Å². The molecular weight excluding hydrogens is 975 g/mol. The molecule has 2 aliphatic rings. The average Bonchev–Trinajstić information content (AvgIpc) is 3.62. The Labute approximate surface area is 467 Å². The van der Waals surface area contributed by atoms with Crippen LogP contribution in [0.15, 0.2) is 258 Å². The van der Waals surface area contributed by atoms with Gasteiger partial charge in [-0.05, 0) is 141 Å². The predicted octanol–water partition coefficient (Wildman–Crippen LogP) is 21.2. The number of rotatable bonds is 7. The van der Waals surface area contributed by atoms with Crippen molar-refractivity contribution in [1.29, 1.82) is 0 Å². The van der Waals surface area contributed by atoms with Gasteiger partial charge in [-0.3, -0.25) is 0 Å². The predicted molar refractivity (Wildman–Crippen MR) is 333 cm³/mol. The molecule has 0 amide bonds. The van der Waals surface area contributed by atoms with Crippen molar-refractivity contribution in [3.63, 3.8) is 0 Å². The van der Waals surface area contributed by atoms with Gasteiger partial charge in [0.05, 0.1) is 33.6 Å². The van der Waals surface area contributed by atoms with Crippen LogP contribution in [0.3, 0.4) is 0 Å². The van der Waals surface area contributed by atoms with Crippen LogP contribution in [-0.4, -0.2) is 0 Å². The zero-order chi connectivity index (χ0) is 54.1. The van der Waals surface area contributed by atoms with Gasteiger partial charge in [-0.1, -0.05) is 193 Å². The van der Waals surface area contributed by atoms with E-state index in [1.807, 2.05) is 0 Å². The number of anilines is 9. The van der Waals surface area contributed by atoms with Crippen LogP contribution in [0.1, 0.15) is 74.9 Å². The molecular formula is C75H59N3O2. The molecule has 2 aromatic heterocycles. The van der Waals surface area contributed by atoms with Crippen molar-refractivity contribution in [2.45, 2.75) is 57.8 Å². The number of furan rings is 2. The van der Waals surface area contributed by atoms with Gasteiger partial charge in [-0.25, -0.2) is 0 Å². The van der Waals surface area contributed by atoms with E-state index in [-0.39, 0.29) is 10.8 Å². The van der Waals surface area contributed by atoms with Crippen LogP contribution in [0.25, 0.3) is 55.0 Å². The maximum Gasteiger partial charge on any atom is 0.160 e. The maximum absolute atomic E-state index is 7.59. The second-order valence-corrected chi connectivity index (χ2v) is 23.6. The molecule has 0 saturated carbocycles. The van der Waals surface area contributed by atoms with Crippen LogP contribution in [0, 0.1) is 0 Å². The Hall–Kier alpha value is -9.58. The Bertz CT molecular complexity index is 4490. The van der Waals surface area contributed by atoms with E-state index in [0.717, 1.165) is 117 Å². The first kappa shape index (κ1) is 47.6. The number of benzene rings is 11. The van der Waals surface area contributed by atoms with Crippen LogP contribution in [0.4, 0.5) is 51.2 Å². The van der Waals surface area contributed by atoms with Gasteiger partial charge in [0.15, 0.2) is 5.58 Å². The molecule has 0 radical (unpaired) electrons. The van der Waals surface area contributed by atoms with E-state index in [0.29, 0.717) is 0 Å². The fraction of sp³-hybridized carbons (Fsp3) is 0.120. The lowest BCUT2D eigenvalue weighted by atomic mass is 9.64. The third-order valence-corrected chi connectivity index (χ3v) is 16.9. The number of hydrogen-bond donors (Lipinski definition) is 0. The van der Waals surface area contributed by atoms with Crippen LogP contribution >= 0.6 is 0 Å². The molecule has 0 N–H and O–H groups in total. The van der Waals surface area contributed by atoms with Crippen LogP contribution in [-0.2, 0) is 16.2 Å². The lowest BCUT2D eigenvalue weighted by molar-refractivity contribution is 0.590. The van der Waals surface area contributed by atoms with Gasteiger partial charge < -0.3 is 23.5 Å². The summed E-state index contributed by atoms with van der Waals surface area (Å²) in [6.45, 7) is 13.7. The Morgan fingerprint density at radius 3 is 1.27 bits per heavy atom. The highest BCUT2D eigenvalue weighted by molar-refractivity contribution is 6.26. The molecule has 1 aliphatic carbocycles. The number of hydrogen-bond acceptors (Lipinski definition) is 5. The molecule has 0 bridgehead atoms. The summed E-state index contributed by atoms with van der Waals surface area (Å²) in [5.41, 5.74) is 21.1. The van der Waals surface area contributed by atoms with E-state index >= 15 is 0 Å². The minimum atomic E-state index is -0.927. The highest BCUT2D eigenvalue weighted by Crippen LogP contribution is 2.68. The normalized spacial score (nSPS) is 13.4. The highest BCUT2D eigenvalue weighted by atomic mass is 16.3. The molecule has 0 atom stereocenters. The molecule has 80 heavy (non-hydrogen) atoms. The zero-order valence-electron chi connectivity index (χ0n) is 45.8. The summed E-state index contributed by atoms with van der Waals surface area (Å²) in [5, 5.41) is 4.19. The molecule has 11 aromatic carbocycles. The van der Waals surface area contributed by atoms with Crippen molar-refractivity contribution in [3.05, 3.63) is 282 Å². The highest BCUT2D eigenvalue weighted by Gasteiger charge is 2.55. The molecule has 0 unspecified atom stereocenters. The number of fused-ring (bicyclic) bond motifs is 17. The summed E-state index contributed by atoms with van der Waals surface area (Å²) in [5.74, 6) is 0. The monoisotopic (exact) mass is 1030 g/mol. The Morgan fingerprint density at radius 2 is 0.750 bits per heavy atom. The van der Waals surface area contributed by atoms with Crippen LogP contribution < -0.4 is 14.7 Å². The molecule has 3 heterocycles. The van der Waals surface area contributed by atoms with E-state index in [1.54, 1.807) is 0 Å². The standard InChI is InChI=1S/C75H59N3O2/c1-73(2,3)48-38-42-53(43-39-48)76(50-24-10-7-11-25-50)63-46-60-70(72-67(63)55-30-16-22-36-65(55)80-72)69-59(75(60)57-32-18-20-34-61(57)78(52-28-14-9-15-29-52)62-35-21-19-33-58(62)75)47-64(71-68(69)56-31-17-23-37-66(56)79-71)77(51-26-12-8-13-27-51)54-44-40-49(41-45-54)74(4,5)6/h7-47H,1-6H3. The summed E-state index contributed by atoms with van der Waals surface area (Å²) in [7, 11) is 0. The summed E-state index contributed by atoms with van der Waals surface area (Å²) in [6, 6.07) is 91.1. The van der Waals surface area contributed by atoms with Gasteiger partial charge in [0, 0.05) is 55.7 Å². The van der Waals surface area contributed by atoms with E-state index < -0.39 is 5.41 Å². The molecule has 5 nitrogen and oxygen atoms in total. The summed E-state index contributed by atoms with van der Waals surface area (Å²) in [4.78, 5) is 7.32. The SMILES string of the molecule is CC(C)(C)c1ccc(N(c2ccccc2)c2cc3c(c4c2oc2ccccc24)-c2c(cc(N(c4ccccc4)c4ccc(C(C)(C)C)cc4)c4c2oc2ccccc24)C32c3ccccc3N(c3ccccc3)c3ccccc32)cc1. The topological polar surface area (TPSA) is 36.0 Å². The average molecular weight is 1030 g/mol. The lowest BCUT2D eigenvalue weighted by Crippen LogP contribution is -2.36. The fourth-order valence-electron chi connectivity index (χ4n) is 13.3. The van der Waals surface area contributed by atoms with Gasteiger partial charge in [0.1, 0.15) is 16.7 Å². The maximum atomic E-state index is 7.59. The quantitative estimate of drug-likeness (QED) is 0.159. The number of para-hydroxylation sites is 7. The Morgan fingerprint density at radius 1 is 0.350 bits per heavy atom. The summed E-state index contributed by atoms with van der Waals surface area (Å²) >= 11 is 0. The van der Waals surface area contributed by atoms with Crippen molar-refractivity contribution < 1.29 is 8.83 Å². The molecule has 1 spiro atoms. The third-order valence-electron chi connectivity index (χ3n) is 16.9. The van der Waals surface area contributed by atoms with E-state index in [1.165, 1.54) is 22.3 Å². The van der Waals surface area contributed by atoms with Crippen molar-refractivity contribution in [1.82, 2.24) is 0 Å². The molecule has 0 saturated heterocycles. The third kappa shape index (κ3) is 7.02. The largest absolute Gasteiger partial charge is 0.455 e. The Kier molecular flexibility index (Phi) is 10.5. The first-order valence-corrected chi connectivity index (χ1v) is 27.9. The zero-order valence-corrected chi connectivity index (χ0v) is 45.8. The molecule has 15 rings (SSSR count). The summed E-state index contributed by atoms with van der Waals surface area (Å²) in [6.07, 6.45) is 0.